The molecule has 1 aliphatic rings. The molecule has 5 nitrogen and oxygen atoms in total. The molecule has 21 heavy (non-hydrogen) atoms. The minimum Gasteiger partial charge on any atom is -0.480 e. The van der Waals surface area contributed by atoms with Crippen molar-refractivity contribution in [2.24, 2.45) is 0 Å². The second kappa shape index (κ2) is 7.54. The third-order valence-electron chi connectivity index (χ3n) is 4.02. The Hall–Kier alpha value is -1.43. The van der Waals surface area contributed by atoms with Crippen LogP contribution in [0.2, 0.25) is 0 Å². The number of carbonyl (C=O) groups is 1. The van der Waals surface area contributed by atoms with Gasteiger partial charge in [0.15, 0.2) is 0 Å². The summed E-state index contributed by atoms with van der Waals surface area (Å²) < 4.78 is 5.34. The number of nitrogens with one attached hydrogen (secondary N) is 1. The van der Waals surface area contributed by atoms with E-state index in [0.29, 0.717) is 13.0 Å². The maximum atomic E-state index is 12.0. The van der Waals surface area contributed by atoms with Gasteiger partial charge in [-0.1, -0.05) is 37.3 Å². The smallest absolute Gasteiger partial charge is 0.328 e. The summed E-state index contributed by atoms with van der Waals surface area (Å²) in [4.78, 5) is 14.2. The Morgan fingerprint density at radius 3 is 2.57 bits per heavy atom. The van der Waals surface area contributed by atoms with Crippen LogP contribution in [0.4, 0.5) is 0 Å². The van der Waals surface area contributed by atoms with Gasteiger partial charge in [-0.3, -0.25) is 10.2 Å². The molecule has 2 N–H and O–H groups in total. The predicted octanol–water partition coefficient (Wildman–Crippen LogP) is 1.30. The number of aliphatic carboxylic acids is 1. The highest BCUT2D eigenvalue weighted by Crippen LogP contribution is 2.26. The first kappa shape index (κ1) is 15.9. The number of hydrogen-bond donors (Lipinski definition) is 2. The molecular weight excluding hydrogens is 268 g/mol. The van der Waals surface area contributed by atoms with Crippen molar-refractivity contribution in [1.82, 2.24) is 10.2 Å². The lowest BCUT2D eigenvalue weighted by Crippen LogP contribution is -2.51. The van der Waals surface area contributed by atoms with Crippen molar-refractivity contribution < 1.29 is 14.6 Å². The molecule has 1 atom stereocenters. The molecule has 0 aromatic heterocycles. The van der Waals surface area contributed by atoms with Crippen LogP contribution in [0, 0.1) is 0 Å². The third kappa shape index (κ3) is 3.81. The van der Waals surface area contributed by atoms with Crippen LogP contribution in [0.25, 0.3) is 0 Å². The van der Waals surface area contributed by atoms with E-state index < -0.39 is 11.5 Å². The summed E-state index contributed by atoms with van der Waals surface area (Å²) in [5, 5.41) is 13.0. The largest absolute Gasteiger partial charge is 0.480 e. The van der Waals surface area contributed by atoms with Gasteiger partial charge in [0.1, 0.15) is 5.54 Å². The zero-order valence-corrected chi connectivity index (χ0v) is 12.5. The van der Waals surface area contributed by atoms with Crippen LogP contribution in [0.1, 0.15) is 18.9 Å². The zero-order chi connectivity index (χ0) is 15.1. The van der Waals surface area contributed by atoms with E-state index in [9.17, 15) is 9.90 Å². The Morgan fingerprint density at radius 2 is 2.00 bits per heavy atom. The van der Waals surface area contributed by atoms with Crippen molar-refractivity contribution in [2.45, 2.75) is 18.9 Å². The second-order valence-electron chi connectivity index (χ2n) is 5.31. The number of rotatable bonds is 7. The van der Waals surface area contributed by atoms with Crippen LogP contribution in [0.3, 0.4) is 0 Å². The standard InChI is InChI=1S/C16H24N2O3/c1-2-17-16(15(19)20,14-6-4-3-5-7-14)8-9-18-10-12-21-13-11-18/h3-7,17H,2,8-13H2,1H3,(H,19,20). The van der Waals surface area contributed by atoms with E-state index in [1.165, 1.54) is 0 Å². The van der Waals surface area contributed by atoms with Crippen molar-refractivity contribution >= 4 is 5.97 Å². The zero-order valence-electron chi connectivity index (χ0n) is 12.5. The first-order valence-corrected chi connectivity index (χ1v) is 7.53. The van der Waals surface area contributed by atoms with E-state index in [4.69, 9.17) is 4.74 Å². The monoisotopic (exact) mass is 292 g/mol. The fraction of sp³-hybridized carbons (Fsp3) is 0.562. The van der Waals surface area contributed by atoms with E-state index in [-0.39, 0.29) is 0 Å². The summed E-state index contributed by atoms with van der Waals surface area (Å²) in [6.45, 7) is 6.50. The molecule has 1 aliphatic heterocycles. The van der Waals surface area contributed by atoms with Crippen LogP contribution in [-0.4, -0.2) is 55.4 Å². The lowest BCUT2D eigenvalue weighted by Gasteiger charge is -2.34. The van der Waals surface area contributed by atoms with Crippen LogP contribution in [0.5, 0.6) is 0 Å². The van der Waals surface area contributed by atoms with Crippen molar-refractivity contribution in [3.05, 3.63) is 35.9 Å². The van der Waals surface area contributed by atoms with Gasteiger partial charge in [-0.05, 0) is 18.5 Å². The number of carboxylic acids is 1. The van der Waals surface area contributed by atoms with Crippen molar-refractivity contribution in [3.8, 4) is 0 Å². The topological polar surface area (TPSA) is 61.8 Å². The fourth-order valence-corrected chi connectivity index (χ4v) is 2.82. The molecule has 5 heteroatoms. The van der Waals surface area contributed by atoms with Gasteiger partial charge in [0.05, 0.1) is 13.2 Å². The molecule has 0 bridgehead atoms. The van der Waals surface area contributed by atoms with Crippen LogP contribution in [0.15, 0.2) is 30.3 Å². The van der Waals surface area contributed by atoms with Gasteiger partial charge in [-0.2, -0.15) is 0 Å². The lowest BCUT2D eigenvalue weighted by atomic mass is 9.86. The summed E-state index contributed by atoms with van der Waals surface area (Å²) in [7, 11) is 0. The molecule has 0 spiro atoms. The molecule has 1 aromatic carbocycles. The summed E-state index contributed by atoms with van der Waals surface area (Å²) in [6, 6.07) is 9.45. The molecule has 1 fully saturated rings. The first-order valence-electron chi connectivity index (χ1n) is 7.53. The Bertz CT molecular complexity index is 446. The van der Waals surface area contributed by atoms with Gasteiger partial charge in [0.2, 0.25) is 0 Å². The summed E-state index contributed by atoms with van der Waals surface area (Å²) in [6.07, 6.45) is 0.542. The van der Waals surface area contributed by atoms with E-state index in [1.807, 2.05) is 37.3 Å². The van der Waals surface area contributed by atoms with Crippen LogP contribution in [-0.2, 0) is 15.1 Å². The second-order valence-corrected chi connectivity index (χ2v) is 5.31. The van der Waals surface area contributed by atoms with E-state index >= 15 is 0 Å². The van der Waals surface area contributed by atoms with Gasteiger partial charge in [-0.15, -0.1) is 0 Å². The van der Waals surface area contributed by atoms with E-state index in [1.54, 1.807) is 0 Å². The highest BCUT2D eigenvalue weighted by Gasteiger charge is 2.39. The van der Waals surface area contributed by atoms with Crippen LogP contribution < -0.4 is 5.32 Å². The maximum absolute atomic E-state index is 12.0. The molecule has 1 unspecified atom stereocenters. The highest BCUT2D eigenvalue weighted by atomic mass is 16.5. The van der Waals surface area contributed by atoms with Gasteiger partial charge in [-0.25, -0.2) is 4.79 Å². The van der Waals surface area contributed by atoms with Gasteiger partial charge in [0, 0.05) is 19.6 Å². The number of nitrogens with zero attached hydrogens (tertiary/aromatic N) is 1. The third-order valence-corrected chi connectivity index (χ3v) is 4.02. The van der Waals surface area contributed by atoms with Gasteiger partial charge < -0.3 is 9.84 Å². The number of morpholine rings is 1. The van der Waals surface area contributed by atoms with Crippen molar-refractivity contribution in [2.75, 3.05) is 39.4 Å². The van der Waals surface area contributed by atoms with Crippen LogP contribution >= 0.6 is 0 Å². The Labute approximate surface area is 125 Å². The van der Waals surface area contributed by atoms with E-state index in [0.717, 1.165) is 38.4 Å². The molecular formula is C16H24N2O3. The van der Waals surface area contributed by atoms with E-state index in [2.05, 4.69) is 10.2 Å². The maximum Gasteiger partial charge on any atom is 0.328 e. The Kier molecular flexibility index (Phi) is 5.73. The summed E-state index contributed by atoms with van der Waals surface area (Å²) >= 11 is 0. The summed E-state index contributed by atoms with van der Waals surface area (Å²) in [5.41, 5.74) is -0.207. The highest BCUT2D eigenvalue weighted by molar-refractivity contribution is 5.80. The van der Waals surface area contributed by atoms with Gasteiger partial charge >= 0.3 is 5.97 Å². The SMILES string of the molecule is CCNC(CCN1CCOCC1)(C(=O)O)c1ccccc1. The molecule has 0 aliphatic carbocycles. The normalized spacial score (nSPS) is 19.1. The number of likely N-dealkylation sites (N-methyl/N-ethyl adjacent to an activating group) is 1. The number of hydrogen-bond acceptors (Lipinski definition) is 4. The molecule has 2 rings (SSSR count). The molecule has 0 saturated carbocycles. The lowest BCUT2D eigenvalue weighted by molar-refractivity contribution is -0.146. The van der Waals surface area contributed by atoms with Crippen molar-refractivity contribution in [3.63, 3.8) is 0 Å². The quantitative estimate of drug-likeness (QED) is 0.793. The molecule has 0 radical (unpaired) electrons. The number of benzene rings is 1. The van der Waals surface area contributed by atoms with Crippen molar-refractivity contribution in [1.29, 1.82) is 0 Å². The average molecular weight is 292 g/mol. The molecule has 116 valence electrons. The molecule has 1 heterocycles. The number of carboxylic acid groups (broad SMARTS) is 1. The Balaban J connectivity index is 2.16. The average Bonchev–Trinajstić information content (AvgIpc) is 2.53. The summed E-state index contributed by atoms with van der Waals surface area (Å²) in [5.74, 6) is -0.816. The molecule has 0 amide bonds. The molecule has 1 saturated heterocycles. The minimum atomic E-state index is -1.02. The number of ether oxygens (including phenoxy) is 1. The first-order chi connectivity index (χ1) is 10.2. The molecule has 1 aromatic rings. The Morgan fingerprint density at radius 1 is 1.33 bits per heavy atom. The predicted molar refractivity (Wildman–Crippen MR) is 81.3 cm³/mol. The van der Waals surface area contributed by atoms with Gasteiger partial charge in [0.25, 0.3) is 0 Å². The fourth-order valence-electron chi connectivity index (χ4n) is 2.82. The minimum absolute atomic E-state index is 0.542.